The number of fused-ring (bicyclic) bond motifs is 3. The number of rotatable bonds is 2. The monoisotopic (exact) mass is 481 g/mol. The number of amides is 2. The zero-order valence-electron chi connectivity index (χ0n) is 14.8. The molecule has 0 saturated carbocycles. The minimum absolute atomic E-state index is 0.185. The summed E-state index contributed by atoms with van der Waals surface area (Å²) in [5.74, 6) is -0.438. The molecule has 0 fully saturated rings. The minimum Gasteiger partial charge on any atom is -0.350 e. The summed E-state index contributed by atoms with van der Waals surface area (Å²) in [6, 6.07) is 23.0. The van der Waals surface area contributed by atoms with Gasteiger partial charge in [0.05, 0.1) is 17.8 Å². The van der Waals surface area contributed by atoms with Gasteiger partial charge in [0.1, 0.15) is 0 Å². The molecule has 1 unspecified atom stereocenters. The normalized spacial score (nSPS) is 19.8. The topological polar surface area (TPSA) is 61.4 Å². The summed E-state index contributed by atoms with van der Waals surface area (Å²) in [5.41, 5.74) is 2.51. The second kappa shape index (κ2) is 6.34. The fourth-order valence-corrected chi connectivity index (χ4v) is 4.39. The van der Waals surface area contributed by atoms with Crippen LogP contribution in [0.15, 0.2) is 72.8 Å². The predicted octanol–water partition coefficient (Wildman–Crippen LogP) is 3.85. The Bertz CT molecular complexity index is 1120. The molecule has 5 rings (SSSR count). The number of carbonyl (C=O) groups is 2. The molecule has 6 heteroatoms. The lowest BCUT2D eigenvalue weighted by Crippen LogP contribution is -2.60. The van der Waals surface area contributed by atoms with E-state index < -0.39 is 5.66 Å². The van der Waals surface area contributed by atoms with E-state index >= 15 is 0 Å². The number of hydrogen-bond donors (Lipinski definition) is 2. The summed E-state index contributed by atoms with van der Waals surface area (Å²) >= 11 is 2.17. The highest BCUT2D eigenvalue weighted by Gasteiger charge is 2.54. The van der Waals surface area contributed by atoms with E-state index in [4.69, 9.17) is 0 Å². The van der Waals surface area contributed by atoms with Crippen molar-refractivity contribution >= 4 is 45.8 Å². The van der Waals surface area contributed by atoms with E-state index in [1.165, 1.54) is 0 Å². The van der Waals surface area contributed by atoms with E-state index in [-0.39, 0.29) is 11.8 Å². The maximum Gasteiger partial charge on any atom is 0.278 e. The summed E-state index contributed by atoms with van der Waals surface area (Å²) in [4.78, 5) is 28.2. The van der Waals surface area contributed by atoms with Gasteiger partial charge in [-0.3, -0.25) is 9.59 Å². The molecule has 2 aliphatic rings. The molecule has 0 aliphatic carbocycles. The molecule has 0 aromatic heterocycles. The number of anilines is 2. The Hall–Kier alpha value is -2.87. The first kappa shape index (κ1) is 17.2. The van der Waals surface area contributed by atoms with Crippen molar-refractivity contribution in [2.75, 3.05) is 10.2 Å². The zero-order valence-corrected chi connectivity index (χ0v) is 16.9. The Morgan fingerprint density at radius 2 is 1.64 bits per heavy atom. The van der Waals surface area contributed by atoms with Gasteiger partial charge >= 0.3 is 0 Å². The number of benzene rings is 3. The number of hydrogen-bond acceptors (Lipinski definition) is 3. The Labute approximate surface area is 175 Å². The second-order valence-corrected chi connectivity index (χ2v) is 8.16. The van der Waals surface area contributed by atoms with Crippen molar-refractivity contribution < 1.29 is 9.59 Å². The Morgan fingerprint density at radius 1 is 0.893 bits per heavy atom. The van der Waals surface area contributed by atoms with Gasteiger partial charge in [-0.15, -0.1) is 0 Å². The molecule has 138 valence electrons. The van der Waals surface area contributed by atoms with Crippen molar-refractivity contribution in [1.29, 1.82) is 0 Å². The van der Waals surface area contributed by atoms with Crippen LogP contribution < -0.4 is 15.5 Å². The van der Waals surface area contributed by atoms with Gasteiger partial charge in [-0.25, -0.2) is 0 Å². The van der Waals surface area contributed by atoms with Crippen LogP contribution in [0.5, 0.6) is 0 Å². The second-order valence-electron chi connectivity index (χ2n) is 6.91. The highest BCUT2D eigenvalue weighted by atomic mass is 127. The first-order chi connectivity index (χ1) is 13.6. The average molecular weight is 481 g/mol. The molecule has 2 aliphatic heterocycles. The quantitative estimate of drug-likeness (QED) is 0.547. The van der Waals surface area contributed by atoms with Crippen molar-refractivity contribution in [1.82, 2.24) is 5.32 Å². The lowest BCUT2D eigenvalue weighted by molar-refractivity contribution is -0.123. The van der Waals surface area contributed by atoms with Gasteiger partial charge in [0.15, 0.2) is 0 Å². The number of para-hydroxylation sites is 1. The largest absolute Gasteiger partial charge is 0.350 e. The van der Waals surface area contributed by atoms with Crippen LogP contribution in [0.25, 0.3) is 0 Å². The standard InChI is InChI=1S/C22H16IN3O2/c23-15-10-11-18-16(12-15)20(27)25-22(24-18)17-8-4-5-9-19(17)26(21(22)28)13-14-6-2-1-3-7-14/h1-12,24H,13H2,(H,25,27). The molecule has 2 N–H and O–H groups in total. The van der Waals surface area contributed by atoms with Crippen LogP contribution in [0.4, 0.5) is 11.4 Å². The lowest BCUT2D eigenvalue weighted by Gasteiger charge is -2.36. The first-order valence-corrected chi connectivity index (χ1v) is 10.0. The fourth-order valence-electron chi connectivity index (χ4n) is 3.90. The molecule has 3 aromatic rings. The van der Waals surface area contributed by atoms with Crippen LogP contribution in [0, 0.1) is 3.57 Å². The van der Waals surface area contributed by atoms with Gasteiger partial charge in [0.2, 0.25) is 5.66 Å². The summed E-state index contributed by atoms with van der Waals surface area (Å²) in [5, 5.41) is 6.28. The van der Waals surface area contributed by atoms with Gasteiger partial charge in [-0.1, -0.05) is 48.5 Å². The zero-order chi connectivity index (χ0) is 19.3. The number of carbonyl (C=O) groups excluding carboxylic acids is 2. The predicted molar refractivity (Wildman–Crippen MR) is 116 cm³/mol. The van der Waals surface area contributed by atoms with Crippen LogP contribution in [0.3, 0.4) is 0 Å². The molecule has 0 bridgehead atoms. The Kier molecular flexibility index (Phi) is 3.90. The third-order valence-electron chi connectivity index (χ3n) is 5.20. The Balaban J connectivity index is 1.62. The molecule has 2 heterocycles. The molecule has 0 radical (unpaired) electrons. The van der Waals surface area contributed by atoms with E-state index in [1.54, 1.807) is 4.90 Å². The highest BCUT2D eigenvalue weighted by Crippen LogP contribution is 2.44. The third-order valence-corrected chi connectivity index (χ3v) is 5.87. The van der Waals surface area contributed by atoms with Gasteiger partial charge in [0.25, 0.3) is 11.8 Å². The fraction of sp³-hybridized carbons (Fsp3) is 0.0909. The maximum absolute atomic E-state index is 13.6. The van der Waals surface area contributed by atoms with Crippen molar-refractivity contribution in [2.24, 2.45) is 0 Å². The molecule has 0 saturated heterocycles. The lowest BCUT2D eigenvalue weighted by atomic mass is 9.96. The molecular weight excluding hydrogens is 465 g/mol. The van der Waals surface area contributed by atoms with E-state index in [9.17, 15) is 9.59 Å². The van der Waals surface area contributed by atoms with Gasteiger partial charge < -0.3 is 15.5 Å². The molecule has 28 heavy (non-hydrogen) atoms. The molecule has 2 amide bonds. The highest BCUT2D eigenvalue weighted by molar-refractivity contribution is 14.1. The van der Waals surface area contributed by atoms with Gasteiger partial charge in [-0.05, 0) is 52.4 Å². The average Bonchev–Trinajstić information content (AvgIpc) is 2.92. The van der Waals surface area contributed by atoms with Crippen LogP contribution in [0.2, 0.25) is 0 Å². The summed E-state index contributed by atoms with van der Waals surface area (Å²) in [7, 11) is 0. The van der Waals surface area contributed by atoms with Crippen LogP contribution in [0.1, 0.15) is 21.5 Å². The molecule has 1 atom stereocenters. The molecular formula is C22H16IN3O2. The number of halogens is 1. The van der Waals surface area contributed by atoms with Crippen molar-refractivity contribution in [3.8, 4) is 0 Å². The van der Waals surface area contributed by atoms with Crippen LogP contribution in [-0.4, -0.2) is 11.8 Å². The van der Waals surface area contributed by atoms with E-state index in [1.807, 2.05) is 72.8 Å². The molecule has 5 nitrogen and oxygen atoms in total. The van der Waals surface area contributed by atoms with Crippen molar-refractivity contribution in [3.63, 3.8) is 0 Å². The smallest absolute Gasteiger partial charge is 0.278 e. The first-order valence-electron chi connectivity index (χ1n) is 8.94. The van der Waals surface area contributed by atoms with Crippen molar-refractivity contribution in [3.05, 3.63) is 93.1 Å². The van der Waals surface area contributed by atoms with Gasteiger partial charge in [-0.2, -0.15) is 0 Å². The third kappa shape index (κ3) is 2.51. The number of nitrogens with zero attached hydrogens (tertiary/aromatic N) is 1. The summed E-state index contributed by atoms with van der Waals surface area (Å²) in [6.07, 6.45) is 0. The van der Waals surface area contributed by atoms with Crippen molar-refractivity contribution in [2.45, 2.75) is 12.2 Å². The van der Waals surface area contributed by atoms with E-state index in [0.29, 0.717) is 17.8 Å². The molecule has 3 aromatic carbocycles. The van der Waals surface area contributed by atoms with E-state index in [0.717, 1.165) is 20.4 Å². The maximum atomic E-state index is 13.6. The van der Waals surface area contributed by atoms with Crippen LogP contribution >= 0.6 is 22.6 Å². The minimum atomic E-state index is -1.29. The van der Waals surface area contributed by atoms with E-state index in [2.05, 4.69) is 33.2 Å². The van der Waals surface area contributed by atoms with Gasteiger partial charge in [0, 0.05) is 14.8 Å². The SMILES string of the molecule is O=C1NC2(Nc3ccc(I)cc31)C(=O)N(Cc1ccccc1)c1ccccc12. The number of nitrogens with one attached hydrogen (secondary N) is 2. The molecule has 1 spiro atoms. The van der Waals surface area contributed by atoms with Crippen LogP contribution in [-0.2, 0) is 17.0 Å². The summed E-state index contributed by atoms with van der Waals surface area (Å²) in [6.45, 7) is 0.440. The summed E-state index contributed by atoms with van der Waals surface area (Å²) < 4.78 is 0.966. The Morgan fingerprint density at radius 3 is 2.46 bits per heavy atom.